The molecule has 1 aliphatic heterocycles. The number of nitrogens with one attached hydrogen (secondary N) is 1. The molecule has 11 heteroatoms. The molecule has 0 radical (unpaired) electrons. The molecule has 1 aromatic rings. The van der Waals surface area contributed by atoms with Gasteiger partial charge in [0.05, 0.1) is 15.9 Å². The fourth-order valence-electron chi connectivity index (χ4n) is 3.06. The van der Waals surface area contributed by atoms with Crippen molar-refractivity contribution >= 4 is 21.2 Å². The highest BCUT2D eigenvalue weighted by Gasteiger charge is 2.47. The third kappa shape index (κ3) is 3.78. The quantitative estimate of drug-likeness (QED) is 0.608. The Bertz CT molecular complexity index is 808. The van der Waals surface area contributed by atoms with E-state index in [1.807, 2.05) is 0 Å². The molecule has 1 heterocycles. The Labute approximate surface area is 147 Å². The van der Waals surface area contributed by atoms with Gasteiger partial charge >= 0.3 is 5.51 Å². The van der Waals surface area contributed by atoms with E-state index in [2.05, 4.69) is 5.32 Å². The number of nitrogens with zero attached hydrogens (tertiary/aromatic N) is 1. The second-order valence-corrected chi connectivity index (χ2v) is 8.44. The van der Waals surface area contributed by atoms with Crippen LogP contribution in [0.25, 0.3) is 0 Å². The molecule has 2 unspecified atom stereocenters. The molecule has 0 amide bonds. The second kappa shape index (κ2) is 6.69. The van der Waals surface area contributed by atoms with Gasteiger partial charge in [-0.05, 0) is 43.7 Å². The molecule has 1 aromatic carbocycles. The largest absolute Gasteiger partial charge is 0.501 e. The zero-order chi connectivity index (χ0) is 19.1. The highest BCUT2D eigenvalue weighted by molar-refractivity contribution is 7.92. The Morgan fingerprint density at radius 2 is 1.92 bits per heavy atom. The normalized spacial score (nSPS) is 24.3. The lowest BCUT2D eigenvalue weighted by molar-refractivity contribution is -0.384. The van der Waals surface area contributed by atoms with Crippen LogP contribution in [0.1, 0.15) is 25.7 Å². The Morgan fingerprint density at radius 3 is 2.50 bits per heavy atom. The first kappa shape index (κ1) is 18.9. The standard InChI is InChI=1S/C15H17F3N2O5S/c16-15(17,18)26(23,24)11-3-4-12(13(8-11)20(21)22)19-10-5-6-25-14(7-10)9-1-2-9/h3-4,8-10,14,19H,1-2,5-7H2. The summed E-state index contributed by atoms with van der Waals surface area (Å²) in [7, 11) is -5.65. The predicted molar refractivity (Wildman–Crippen MR) is 85.4 cm³/mol. The lowest BCUT2D eigenvalue weighted by Gasteiger charge is -2.30. The Kier molecular flexibility index (Phi) is 4.86. The predicted octanol–water partition coefficient (Wildman–Crippen LogP) is 3.26. The highest BCUT2D eigenvalue weighted by atomic mass is 32.2. The van der Waals surface area contributed by atoms with Crippen molar-refractivity contribution in [3.63, 3.8) is 0 Å². The van der Waals surface area contributed by atoms with Crippen LogP contribution in [0.15, 0.2) is 23.1 Å². The van der Waals surface area contributed by atoms with Crippen LogP contribution in [0.2, 0.25) is 0 Å². The SMILES string of the molecule is O=[N+]([O-])c1cc(S(=O)(=O)C(F)(F)F)ccc1NC1CCOC(C2CC2)C1. The van der Waals surface area contributed by atoms with Crippen LogP contribution in [0.3, 0.4) is 0 Å². The van der Waals surface area contributed by atoms with E-state index in [0.717, 1.165) is 25.0 Å². The summed E-state index contributed by atoms with van der Waals surface area (Å²) in [5.41, 5.74) is -6.23. The number of benzene rings is 1. The maximum absolute atomic E-state index is 12.7. The van der Waals surface area contributed by atoms with Crippen LogP contribution in [0.4, 0.5) is 24.5 Å². The molecule has 1 saturated carbocycles. The highest BCUT2D eigenvalue weighted by Crippen LogP contribution is 2.39. The van der Waals surface area contributed by atoms with Crippen LogP contribution in [0.5, 0.6) is 0 Å². The lowest BCUT2D eigenvalue weighted by Crippen LogP contribution is -2.35. The van der Waals surface area contributed by atoms with Gasteiger partial charge in [0.25, 0.3) is 15.5 Å². The molecule has 26 heavy (non-hydrogen) atoms. The Morgan fingerprint density at radius 1 is 1.23 bits per heavy atom. The van der Waals surface area contributed by atoms with E-state index in [4.69, 9.17) is 4.74 Å². The van der Waals surface area contributed by atoms with Crippen LogP contribution < -0.4 is 5.32 Å². The van der Waals surface area contributed by atoms with Gasteiger partial charge in [0.1, 0.15) is 5.69 Å². The average Bonchev–Trinajstić information content (AvgIpc) is 3.39. The molecular weight excluding hydrogens is 377 g/mol. The number of sulfone groups is 1. The maximum Gasteiger partial charge on any atom is 0.501 e. The molecule has 1 aliphatic carbocycles. The summed E-state index contributed by atoms with van der Waals surface area (Å²) in [5.74, 6) is 0.494. The van der Waals surface area contributed by atoms with Crippen molar-refractivity contribution in [3.05, 3.63) is 28.3 Å². The lowest BCUT2D eigenvalue weighted by atomic mass is 9.99. The molecule has 7 nitrogen and oxygen atoms in total. The van der Waals surface area contributed by atoms with Gasteiger partial charge in [-0.3, -0.25) is 10.1 Å². The van der Waals surface area contributed by atoms with Gasteiger partial charge in [0.15, 0.2) is 0 Å². The van der Waals surface area contributed by atoms with Gasteiger partial charge in [-0.25, -0.2) is 8.42 Å². The summed E-state index contributed by atoms with van der Waals surface area (Å²) < 4.78 is 66.6. The van der Waals surface area contributed by atoms with Crippen LogP contribution in [-0.4, -0.2) is 37.6 Å². The summed E-state index contributed by atoms with van der Waals surface area (Å²) in [5, 5.41) is 14.2. The van der Waals surface area contributed by atoms with Crippen LogP contribution in [-0.2, 0) is 14.6 Å². The number of hydrogen-bond donors (Lipinski definition) is 1. The Hall–Kier alpha value is -1.88. The summed E-state index contributed by atoms with van der Waals surface area (Å²) in [6.45, 7) is 0.493. The van der Waals surface area contributed by atoms with Gasteiger partial charge in [-0.15, -0.1) is 0 Å². The van der Waals surface area contributed by atoms with E-state index in [1.165, 1.54) is 0 Å². The van der Waals surface area contributed by atoms with Crippen molar-refractivity contribution in [2.75, 3.05) is 11.9 Å². The van der Waals surface area contributed by atoms with Gasteiger partial charge in [-0.1, -0.05) is 0 Å². The van der Waals surface area contributed by atoms with Crippen molar-refractivity contribution in [1.29, 1.82) is 0 Å². The molecule has 0 bridgehead atoms. The van der Waals surface area contributed by atoms with Crippen LogP contribution >= 0.6 is 0 Å². The van der Waals surface area contributed by atoms with Crippen molar-refractivity contribution in [2.24, 2.45) is 5.92 Å². The zero-order valence-corrected chi connectivity index (χ0v) is 14.3. The average molecular weight is 394 g/mol. The topological polar surface area (TPSA) is 98.5 Å². The molecule has 0 spiro atoms. The summed E-state index contributed by atoms with van der Waals surface area (Å²) >= 11 is 0. The van der Waals surface area contributed by atoms with Gasteiger partial charge in [0.2, 0.25) is 0 Å². The van der Waals surface area contributed by atoms with Crippen molar-refractivity contribution in [2.45, 2.75) is 48.2 Å². The molecule has 144 valence electrons. The number of ether oxygens (including phenoxy) is 1. The third-order valence-corrected chi connectivity index (χ3v) is 6.09. The zero-order valence-electron chi connectivity index (χ0n) is 13.5. The summed E-state index contributed by atoms with van der Waals surface area (Å²) in [6, 6.07) is 2.06. The number of anilines is 1. The van der Waals surface area contributed by atoms with Crippen molar-refractivity contribution in [3.8, 4) is 0 Å². The van der Waals surface area contributed by atoms with Crippen LogP contribution in [0, 0.1) is 16.0 Å². The fourth-order valence-corrected chi connectivity index (χ4v) is 3.84. The molecule has 2 fully saturated rings. The first-order chi connectivity index (χ1) is 12.1. The maximum atomic E-state index is 12.7. The van der Waals surface area contributed by atoms with Gasteiger partial charge in [0, 0.05) is 18.7 Å². The summed E-state index contributed by atoms with van der Waals surface area (Å²) in [6.07, 6.45) is 3.49. The minimum Gasteiger partial charge on any atom is -0.378 e. The minimum atomic E-state index is -5.65. The molecule has 3 rings (SSSR count). The molecule has 1 N–H and O–H groups in total. The number of rotatable bonds is 5. The molecule has 1 saturated heterocycles. The van der Waals surface area contributed by atoms with Gasteiger partial charge < -0.3 is 10.1 Å². The van der Waals surface area contributed by atoms with E-state index < -0.39 is 30.9 Å². The number of nitro groups is 1. The van der Waals surface area contributed by atoms with E-state index in [-0.39, 0.29) is 17.8 Å². The second-order valence-electron chi connectivity index (χ2n) is 6.50. The smallest absolute Gasteiger partial charge is 0.378 e. The number of alkyl halides is 3. The Balaban J connectivity index is 1.84. The molecule has 2 atom stereocenters. The van der Waals surface area contributed by atoms with E-state index in [0.29, 0.717) is 31.4 Å². The van der Waals surface area contributed by atoms with E-state index in [9.17, 15) is 31.7 Å². The first-order valence-corrected chi connectivity index (χ1v) is 9.56. The summed E-state index contributed by atoms with van der Waals surface area (Å²) in [4.78, 5) is 9.20. The fraction of sp³-hybridized carbons (Fsp3) is 0.600. The third-order valence-electron chi connectivity index (χ3n) is 4.60. The first-order valence-electron chi connectivity index (χ1n) is 8.07. The molecule has 2 aliphatic rings. The van der Waals surface area contributed by atoms with E-state index in [1.54, 1.807) is 0 Å². The number of hydrogen-bond acceptors (Lipinski definition) is 6. The van der Waals surface area contributed by atoms with Crippen molar-refractivity contribution in [1.82, 2.24) is 0 Å². The van der Waals surface area contributed by atoms with Crippen molar-refractivity contribution < 1.29 is 31.2 Å². The molecular formula is C15H17F3N2O5S. The molecule has 0 aromatic heterocycles. The number of nitro benzene ring substituents is 1. The monoisotopic (exact) mass is 394 g/mol. The van der Waals surface area contributed by atoms with Gasteiger partial charge in [-0.2, -0.15) is 13.2 Å². The minimum absolute atomic E-state index is 0.00225. The van der Waals surface area contributed by atoms with E-state index >= 15 is 0 Å². The number of halogens is 3.